The Labute approximate surface area is 169 Å². The van der Waals surface area contributed by atoms with Crippen molar-refractivity contribution in [2.45, 2.75) is 0 Å². The standard InChI is InChI=1S/C21H15BrN2O2S/c1-26-19-11-15-5-3-2-4-14(15)10-17(19)20(25)24-21-23-18(12-27-21)13-6-8-16(22)9-7-13/h2-12H,1H3,(H,23,24,25). The van der Waals surface area contributed by atoms with Crippen LogP contribution in [-0.2, 0) is 0 Å². The number of nitrogens with one attached hydrogen (secondary N) is 1. The van der Waals surface area contributed by atoms with Crippen molar-refractivity contribution in [1.29, 1.82) is 0 Å². The average molecular weight is 439 g/mol. The lowest BCUT2D eigenvalue weighted by Gasteiger charge is -2.10. The molecule has 1 amide bonds. The van der Waals surface area contributed by atoms with E-state index in [0.717, 1.165) is 26.5 Å². The van der Waals surface area contributed by atoms with Crippen LogP contribution in [0.15, 0.2) is 70.5 Å². The highest BCUT2D eigenvalue weighted by Crippen LogP contribution is 2.29. The molecule has 1 heterocycles. The predicted octanol–water partition coefficient (Wildman–Crippen LogP) is 5.99. The first-order valence-corrected chi connectivity index (χ1v) is 9.91. The molecule has 0 aliphatic heterocycles. The summed E-state index contributed by atoms with van der Waals surface area (Å²) < 4.78 is 6.43. The highest BCUT2D eigenvalue weighted by atomic mass is 79.9. The van der Waals surface area contributed by atoms with E-state index in [-0.39, 0.29) is 5.91 Å². The number of hydrogen-bond acceptors (Lipinski definition) is 4. The molecule has 0 atom stereocenters. The van der Waals surface area contributed by atoms with Crippen molar-refractivity contribution in [3.05, 3.63) is 76.1 Å². The van der Waals surface area contributed by atoms with Gasteiger partial charge in [-0.1, -0.05) is 52.3 Å². The lowest BCUT2D eigenvalue weighted by Crippen LogP contribution is -2.13. The zero-order valence-electron chi connectivity index (χ0n) is 14.4. The second-order valence-corrected chi connectivity index (χ2v) is 7.67. The van der Waals surface area contributed by atoms with Gasteiger partial charge in [-0.25, -0.2) is 4.98 Å². The van der Waals surface area contributed by atoms with Crippen molar-refractivity contribution in [3.63, 3.8) is 0 Å². The normalized spacial score (nSPS) is 10.7. The number of carbonyl (C=O) groups is 1. The van der Waals surface area contributed by atoms with Gasteiger partial charge in [0.05, 0.1) is 18.4 Å². The molecule has 3 aromatic carbocycles. The van der Waals surface area contributed by atoms with E-state index in [2.05, 4.69) is 26.2 Å². The quantitative estimate of drug-likeness (QED) is 0.425. The number of nitrogens with zero attached hydrogens (tertiary/aromatic N) is 1. The molecule has 0 fully saturated rings. The second-order valence-electron chi connectivity index (χ2n) is 5.90. The molecule has 0 saturated carbocycles. The first-order chi connectivity index (χ1) is 13.1. The molecule has 0 spiro atoms. The number of amides is 1. The van der Waals surface area contributed by atoms with Crippen molar-refractivity contribution >= 4 is 49.1 Å². The molecule has 1 N–H and O–H groups in total. The van der Waals surface area contributed by atoms with E-state index in [9.17, 15) is 4.79 Å². The Kier molecular flexibility index (Phi) is 4.92. The number of thiazole rings is 1. The van der Waals surface area contributed by atoms with Crippen LogP contribution in [0.1, 0.15) is 10.4 Å². The maximum atomic E-state index is 12.8. The van der Waals surface area contributed by atoms with Crippen LogP contribution < -0.4 is 10.1 Å². The van der Waals surface area contributed by atoms with Crippen LogP contribution in [0.5, 0.6) is 5.75 Å². The van der Waals surface area contributed by atoms with Gasteiger partial charge in [0.25, 0.3) is 5.91 Å². The monoisotopic (exact) mass is 438 g/mol. The molecule has 4 nitrogen and oxygen atoms in total. The lowest BCUT2D eigenvalue weighted by molar-refractivity contribution is 0.102. The van der Waals surface area contributed by atoms with E-state index in [1.165, 1.54) is 11.3 Å². The zero-order chi connectivity index (χ0) is 18.8. The van der Waals surface area contributed by atoms with Crippen molar-refractivity contribution < 1.29 is 9.53 Å². The third-order valence-corrected chi connectivity index (χ3v) is 5.46. The topological polar surface area (TPSA) is 51.2 Å². The Balaban J connectivity index is 1.61. The van der Waals surface area contributed by atoms with Crippen LogP contribution in [0.2, 0.25) is 0 Å². The van der Waals surface area contributed by atoms with Gasteiger partial charge >= 0.3 is 0 Å². The molecule has 0 saturated heterocycles. The molecule has 0 aliphatic carbocycles. The fraction of sp³-hybridized carbons (Fsp3) is 0.0476. The van der Waals surface area contributed by atoms with Crippen molar-refractivity contribution in [2.24, 2.45) is 0 Å². The number of methoxy groups -OCH3 is 1. The van der Waals surface area contributed by atoms with Crippen LogP contribution in [0.4, 0.5) is 5.13 Å². The smallest absolute Gasteiger partial charge is 0.261 e. The Hall–Kier alpha value is -2.70. The van der Waals surface area contributed by atoms with E-state index in [1.54, 1.807) is 7.11 Å². The second kappa shape index (κ2) is 7.50. The number of anilines is 1. The molecule has 27 heavy (non-hydrogen) atoms. The Bertz CT molecular complexity index is 1120. The number of carbonyl (C=O) groups excluding carboxylic acids is 1. The van der Waals surface area contributed by atoms with E-state index in [1.807, 2.05) is 66.0 Å². The summed E-state index contributed by atoms with van der Waals surface area (Å²) in [5, 5.41) is 7.36. The van der Waals surface area contributed by atoms with Gasteiger partial charge in [0.1, 0.15) is 5.75 Å². The number of ether oxygens (including phenoxy) is 1. The van der Waals surface area contributed by atoms with E-state index >= 15 is 0 Å². The van der Waals surface area contributed by atoms with Gasteiger partial charge in [-0.3, -0.25) is 10.1 Å². The Morgan fingerprint density at radius 2 is 1.78 bits per heavy atom. The van der Waals surface area contributed by atoms with Gasteiger partial charge in [0, 0.05) is 15.4 Å². The number of benzene rings is 3. The zero-order valence-corrected chi connectivity index (χ0v) is 16.8. The van der Waals surface area contributed by atoms with Gasteiger partial charge in [-0.2, -0.15) is 0 Å². The molecular formula is C21H15BrN2O2S. The van der Waals surface area contributed by atoms with E-state index in [0.29, 0.717) is 16.4 Å². The highest BCUT2D eigenvalue weighted by molar-refractivity contribution is 9.10. The molecule has 1 aromatic heterocycles. The molecule has 0 aliphatic rings. The predicted molar refractivity (Wildman–Crippen MR) is 114 cm³/mol. The van der Waals surface area contributed by atoms with Crippen LogP contribution >= 0.6 is 27.3 Å². The van der Waals surface area contributed by atoms with Gasteiger partial charge < -0.3 is 4.74 Å². The van der Waals surface area contributed by atoms with Crippen molar-refractivity contribution in [2.75, 3.05) is 12.4 Å². The van der Waals surface area contributed by atoms with Gasteiger partial charge in [-0.15, -0.1) is 11.3 Å². The Morgan fingerprint density at radius 3 is 2.48 bits per heavy atom. The molecule has 134 valence electrons. The first kappa shape index (κ1) is 17.7. The van der Waals surface area contributed by atoms with Crippen LogP contribution in [-0.4, -0.2) is 18.0 Å². The van der Waals surface area contributed by atoms with Crippen LogP contribution in [0.25, 0.3) is 22.0 Å². The summed E-state index contributed by atoms with van der Waals surface area (Å²) in [6.07, 6.45) is 0. The number of halogens is 1. The molecule has 4 aromatic rings. The first-order valence-electron chi connectivity index (χ1n) is 8.23. The Morgan fingerprint density at radius 1 is 1.07 bits per heavy atom. The maximum Gasteiger partial charge on any atom is 0.261 e. The minimum atomic E-state index is -0.241. The average Bonchev–Trinajstić information content (AvgIpc) is 3.15. The maximum absolute atomic E-state index is 12.8. The SMILES string of the molecule is COc1cc2ccccc2cc1C(=O)Nc1nc(-c2ccc(Br)cc2)cs1. The fourth-order valence-electron chi connectivity index (χ4n) is 2.81. The number of aromatic nitrogens is 1. The molecule has 0 bridgehead atoms. The van der Waals surface area contributed by atoms with Crippen molar-refractivity contribution in [3.8, 4) is 17.0 Å². The fourth-order valence-corrected chi connectivity index (χ4v) is 3.79. The summed E-state index contributed by atoms with van der Waals surface area (Å²) in [5.41, 5.74) is 2.31. The largest absolute Gasteiger partial charge is 0.496 e. The van der Waals surface area contributed by atoms with Crippen LogP contribution in [0.3, 0.4) is 0 Å². The molecule has 4 rings (SSSR count). The summed E-state index contributed by atoms with van der Waals surface area (Å²) in [6, 6.07) is 19.5. The third-order valence-electron chi connectivity index (χ3n) is 4.18. The summed E-state index contributed by atoms with van der Waals surface area (Å²) in [5.74, 6) is 0.296. The molecule has 0 radical (unpaired) electrons. The molecule has 6 heteroatoms. The van der Waals surface area contributed by atoms with Gasteiger partial charge in [-0.05, 0) is 35.0 Å². The minimum absolute atomic E-state index is 0.241. The summed E-state index contributed by atoms with van der Waals surface area (Å²) >= 11 is 4.82. The van der Waals surface area contributed by atoms with Crippen LogP contribution in [0, 0.1) is 0 Å². The molecular weight excluding hydrogens is 424 g/mol. The summed E-state index contributed by atoms with van der Waals surface area (Å²) in [4.78, 5) is 17.3. The van der Waals surface area contributed by atoms with Gasteiger partial charge in [0.15, 0.2) is 5.13 Å². The lowest BCUT2D eigenvalue weighted by atomic mass is 10.1. The van der Waals surface area contributed by atoms with Gasteiger partial charge in [0.2, 0.25) is 0 Å². The minimum Gasteiger partial charge on any atom is -0.496 e. The molecule has 0 unspecified atom stereocenters. The number of rotatable bonds is 4. The highest BCUT2D eigenvalue weighted by Gasteiger charge is 2.15. The summed E-state index contributed by atoms with van der Waals surface area (Å²) in [7, 11) is 1.57. The van der Waals surface area contributed by atoms with E-state index in [4.69, 9.17) is 4.74 Å². The van der Waals surface area contributed by atoms with Crippen molar-refractivity contribution in [1.82, 2.24) is 4.98 Å². The number of fused-ring (bicyclic) bond motifs is 1. The third kappa shape index (κ3) is 3.72. The summed E-state index contributed by atoms with van der Waals surface area (Å²) in [6.45, 7) is 0. The van der Waals surface area contributed by atoms with E-state index < -0.39 is 0 Å². The number of hydrogen-bond donors (Lipinski definition) is 1.